The lowest BCUT2D eigenvalue weighted by atomic mass is 9.81. The quantitative estimate of drug-likeness (QED) is 0.160. The molecule has 1 aliphatic carbocycles. The number of benzene rings is 10. The molecule has 0 N–H and O–H groups in total. The van der Waals surface area contributed by atoms with Crippen LogP contribution in [0, 0.1) is 0 Å². The highest BCUT2D eigenvalue weighted by molar-refractivity contribution is 6.09. The third kappa shape index (κ3) is 6.17. The van der Waals surface area contributed by atoms with Gasteiger partial charge in [-0.05, 0) is 115 Å². The van der Waals surface area contributed by atoms with Gasteiger partial charge in [-0.3, -0.25) is 0 Å². The van der Waals surface area contributed by atoms with Crippen LogP contribution in [0.3, 0.4) is 0 Å². The summed E-state index contributed by atoms with van der Waals surface area (Å²) in [5, 5.41) is 4.77. The van der Waals surface area contributed by atoms with Crippen molar-refractivity contribution in [2.24, 2.45) is 0 Å². The molecule has 1 aromatic heterocycles. The molecule has 0 spiro atoms. The summed E-state index contributed by atoms with van der Waals surface area (Å²) in [5.74, 6) is 0. The Balaban J connectivity index is 1.00. The summed E-state index contributed by atoms with van der Waals surface area (Å²) >= 11 is 0. The van der Waals surface area contributed by atoms with E-state index in [0.717, 1.165) is 61.3 Å². The number of hydrogen-bond acceptors (Lipinski definition) is 2. The Morgan fingerprint density at radius 3 is 1.81 bits per heavy atom. The number of nitrogens with zero attached hydrogens (tertiary/aromatic N) is 1. The van der Waals surface area contributed by atoms with Crippen molar-refractivity contribution in [3.8, 4) is 55.6 Å². The maximum absolute atomic E-state index is 6.57. The van der Waals surface area contributed by atoms with Crippen molar-refractivity contribution in [1.29, 1.82) is 0 Å². The minimum Gasteiger partial charge on any atom is -0.455 e. The zero-order valence-electron chi connectivity index (χ0n) is 35.2. The fourth-order valence-corrected chi connectivity index (χ4v) is 10.0. The topological polar surface area (TPSA) is 16.4 Å². The lowest BCUT2D eigenvalue weighted by Crippen LogP contribution is -2.17. The Morgan fingerprint density at radius 2 is 0.937 bits per heavy atom. The minimum absolute atomic E-state index is 0.231. The summed E-state index contributed by atoms with van der Waals surface area (Å²) in [4.78, 5) is 2.45. The van der Waals surface area contributed by atoms with Crippen LogP contribution in [0.1, 0.15) is 25.0 Å². The molecule has 298 valence electrons. The van der Waals surface area contributed by atoms with E-state index in [1.54, 1.807) is 0 Å². The average molecular weight is 806 g/mol. The second kappa shape index (κ2) is 14.6. The highest BCUT2D eigenvalue weighted by Gasteiger charge is 2.36. The Bertz CT molecular complexity index is 3540. The minimum atomic E-state index is -0.231. The SMILES string of the molecule is CC1(C)c2cc(-c3ccc4ccccc4c3)ccc2-c2ccc(N(c3cccc(-c4cccc5c4oc4ccccc45)c3)c3ccccc3-c3ccc(-c4ccccc4)cc3)cc21. The van der Waals surface area contributed by atoms with Gasteiger partial charge in [0.2, 0.25) is 0 Å². The molecule has 0 radical (unpaired) electrons. The molecule has 0 fully saturated rings. The third-order valence-corrected chi connectivity index (χ3v) is 13.3. The maximum atomic E-state index is 6.57. The van der Waals surface area contributed by atoms with Crippen LogP contribution < -0.4 is 4.90 Å². The third-order valence-electron chi connectivity index (χ3n) is 13.3. The summed E-state index contributed by atoms with van der Waals surface area (Å²) in [6, 6.07) is 81.7. The van der Waals surface area contributed by atoms with Crippen LogP contribution in [0.25, 0.3) is 88.3 Å². The molecule has 0 amide bonds. The van der Waals surface area contributed by atoms with E-state index in [9.17, 15) is 0 Å². The predicted octanol–water partition coefficient (Wildman–Crippen LogP) is 17.2. The van der Waals surface area contributed by atoms with Gasteiger partial charge in [-0.1, -0.05) is 190 Å². The van der Waals surface area contributed by atoms with Crippen LogP contribution in [-0.4, -0.2) is 0 Å². The molecule has 0 atom stereocenters. The summed E-state index contributed by atoms with van der Waals surface area (Å²) in [6.07, 6.45) is 0. The number of para-hydroxylation sites is 3. The number of fused-ring (bicyclic) bond motifs is 7. The Morgan fingerprint density at radius 1 is 0.349 bits per heavy atom. The first-order chi connectivity index (χ1) is 31.0. The van der Waals surface area contributed by atoms with E-state index in [1.807, 2.05) is 6.07 Å². The van der Waals surface area contributed by atoms with E-state index in [0.29, 0.717) is 0 Å². The largest absolute Gasteiger partial charge is 0.455 e. The average Bonchev–Trinajstić information content (AvgIpc) is 3.83. The van der Waals surface area contributed by atoms with Crippen molar-refractivity contribution in [2.75, 3.05) is 4.90 Å². The molecule has 2 nitrogen and oxygen atoms in total. The molecule has 10 aromatic carbocycles. The van der Waals surface area contributed by atoms with E-state index in [1.165, 1.54) is 55.3 Å². The van der Waals surface area contributed by atoms with Crippen molar-refractivity contribution >= 4 is 49.8 Å². The maximum Gasteiger partial charge on any atom is 0.143 e. The van der Waals surface area contributed by atoms with E-state index >= 15 is 0 Å². The van der Waals surface area contributed by atoms with Gasteiger partial charge in [0.05, 0.1) is 5.69 Å². The Kier molecular flexibility index (Phi) is 8.55. The van der Waals surface area contributed by atoms with E-state index in [2.05, 4.69) is 237 Å². The highest BCUT2D eigenvalue weighted by Crippen LogP contribution is 2.52. The molecule has 12 rings (SSSR count). The van der Waals surface area contributed by atoms with Crippen LogP contribution in [-0.2, 0) is 5.41 Å². The van der Waals surface area contributed by atoms with Crippen molar-refractivity contribution in [1.82, 2.24) is 0 Å². The van der Waals surface area contributed by atoms with Crippen LogP contribution >= 0.6 is 0 Å². The van der Waals surface area contributed by atoms with E-state index < -0.39 is 0 Å². The molecular formula is C61H43NO. The Labute approximate surface area is 368 Å². The molecule has 0 unspecified atom stereocenters. The van der Waals surface area contributed by atoms with Crippen molar-refractivity contribution in [3.05, 3.63) is 236 Å². The zero-order valence-corrected chi connectivity index (χ0v) is 35.2. The van der Waals surface area contributed by atoms with Crippen molar-refractivity contribution in [3.63, 3.8) is 0 Å². The van der Waals surface area contributed by atoms with Gasteiger partial charge in [0.1, 0.15) is 11.2 Å². The summed E-state index contributed by atoms with van der Waals surface area (Å²) in [5.41, 5.74) is 19.5. The van der Waals surface area contributed by atoms with Crippen molar-refractivity contribution in [2.45, 2.75) is 19.3 Å². The van der Waals surface area contributed by atoms with Gasteiger partial charge in [-0.2, -0.15) is 0 Å². The standard InChI is InChI=1S/C61H43NO/c1-61(2)56-38-46(45-31-28-41-16-6-7-17-44(41)36-45)32-34-52(56)53-35-33-49(39-57(53)61)62(58-24-10-8-20-50(58)43-29-26-42(27-30-43)40-14-4-3-5-15-40)48-19-12-18-47(37-48)51-22-13-23-55-54-21-9-11-25-59(54)63-60(51)55/h3-39H,1-2H3. The molecule has 63 heavy (non-hydrogen) atoms. The number of furan rings is 1. The van der Waals surface area contributed by atoms with Crippen LogP contribution in [0.4, 0.5) is 17.1 Å². The predicted molar refractivity (Wildman–Crippen MR) is 265 cm³/mol. The first-order valence-electron chi connectivity index (χ1n) is 21.8. The summed E-state index contributed by atoms with van der Waals surface area (Å²) < 4.78 is 6.57. The molecule has 0 aliphatic heterocycles. The van der Waals surface area contributed by atoms with E-state index in [4.69, 9.17) is 4.42 Å². The number of hydrogen-bond donors (Lipinski definition) is 0. The lowest BCUT2D eigenvalue weighted by molar-refractivity contribution is 0.660. The lowest BCUT2D eigenvalue weighted by Gasteiger charge is -2.30. The van der Waals surface area contributed by atoms with Crippen LogP contribution in [0.2, 0.25) is 0 Å². The highest BCUT2D eigenvalue weighted by atomic mass is 16.3. The Hall–Kier alpha value is -7.94. The first-order valence-corrected chi connectivity index (χ1v) is 21.8. The van der Waals surface area contributed by atoms with Gasteiger partial charge in [-0.15, -0.1) is 0 Å². The van der Waals surface area contributed by atoms with Crippen molar-refractivity contribution < 1.29 is 4.42 Å². The molecule has 2 heteroatoms. The fraction of sp³-hybridized carbons (Fsp3) is 0.0492. The van der Waals surface area contributed by atoms with E-state index in [-0.39, 0.29) is 5.41 Å². The van der Waals surface area contributed by atoms with Crippen LogP contribution in [0.5, 0.6) is 0 Å². The second-order valence-corrected chi connectivity index (χ2v) is 17.3. The van der Waals surface area contributed by atoms with Gasteiger partial charge in [0, 0.05) is 38.7 Å². The van der Waals surface area contributed by atoms with Gasteiger partial charge in [-0.25, -0.2) is 0 Å². The smallest absolute Gasteiger partial charge is 0.143 e. The summed E-state index contributed by atoms with van der Waals surface area (Å²) in [6.45, 7) is 4.76. The molecule has 11 aromatic rings. The monoisotopic (exact) mass is 805 g/mol. The molecule has 1 aliphatic rings. The number of anilines is 3. The number of rotatable bonds is 7. The molecule has 0 saturated heterocycles. The van der Waals surface area contributed by atoms with Gasteiger partial charge in [0.15, 0.2) is 0 Å². The second-order valence-electron chi connectivity index (χ2n) is 17.3. The van der Waals surface area contributed by atoms with Gasteiger partial charge >= 0.3 is 0 Å². The fourth-order valence-electron chi connectivity index (χ4n) is 10.0. The first kappa shape index (κ1) is 36.9. The molecule has 0 saturated carbocycles. The zero-order chi connectivity index (χ0) is 42.1. The molecule has 0 bridgehead atoms. The summed E-state index contributed by atoms with van der Waals surface area (Å²) in [7, 11) is 0. The van der Waals surface area contributed by atoms with Gasteiger partial charge in [0.25, 0.3) is 0 Å². The molecular weight excluding hydrogens is 763 g/mol. The van der Waals surface area contributed by atoms with Gasteiger partial charge < -0.3 is 9.32 Å². The normalized spacial score (nSPS) is 12.7. The van der Waals surface area contributed by atoms with Crippen LogP contribution in [0.15, 0.2) is 229 Å². The molecule has 1 heterocycles.